The Morgan fingerprint density at radius 2 is 1.97 bits per heavy atom. The van der Waals surface area contributed by atoms with Gasteiger partial charge in [-0.05, 0) is 54.8 Å². The molecular weight excluding hydrogens is 436 g/mol. The van der Waals surface area contributed by atoms with Gasteiger partial charge in [-0.3, -0.25) is 14.4 Å². The molecule has 1 heterocycles. The van der Waals surface area contributed by atoms with Crippen LogP contribution < -0.4 is 20.8 Å². The second-order valence-corrected chi connectivity index (χ2v) is 7.40. The summed E-state index contributed by atoms with van der Waals surface area (Å²) in [7, 11) is 0. The van der Waals surface area contributed by atoms with Crippen molar-refractivity contribution in [2.75, 3.05) is 25.1 Å². The van der Waals surface area contributed by atoms with Gasteiger partial charge in [0, 0.05) is 23.9 Å². The second kappa shape index (κ2) is 11.8. The van der Waals surface area contributed by atoms with Gasteiger partial charge in [0.25, 0.3) is 5.91 Å². The van der Waals surface area contributed by atoms with Crippen LogP contribution in [-0.4, -0.2) is 49.8 Å². The smallest absolute Gasteiger partial charge is 0.329 e. The maximum Gasteiger partial charge on any atom is 0.329 e. The van der Waals surface area contributed by atoms with Gasteiger partial charge in [0.05, 0.1) is 12.3 Å². The van der Waals surface area contributed by atoms with Crippen LogP contribution in [0.5, 0.6) is 5.75 Å². The Morgan fingerprint density at radius 3 is 2.72 bits per heavy atom. The van der Waals surface area contributed by atoms with E-state index >= 15 is 0 Å². The highest BCUT2D eigenvalue weighted by atomic mass is 35.5. The molecule has 1 aliphatic heterocycles. The Bertz CT molecular complexity index is 975. The van der Waals surface area contributed by atoms with Crippen LogP contribution in [-0.2, 0) is 19.1 Å². The minimum atomic E-state index is -0.870. The number of hydrazone groups is 1. The largest absolute Gasteiger partial charge is 0.484 e. The van der Waals surface area contributed by atoms with Crippen LogP contribution >= 0.6 is 11.6 Å². The summed E-state index contributed by atoms with van der Waals surface area (Å²) in [5, 5.41) is 9.57. The van der Waals surface area contributed by atoms with Crippen LogP contribution in [0.15, 0.2) is 53.6 Å². The van der Waals surface area contributed by atoms with E-state index in [0.29, 0.717) is 35.2 Å². The van der Waals surface area contributed by atoms with Gasteiger partial charge in [-0.2, -0.15) is 5.10 Å². The van der Waals surface area contributed by atoms with Crippen LogP contribution in [0.25, 0.3) is 0 Å². The number of rotatable bonds is 8. The third-order valence-electron chi connectivity index (χ3n) is 4.46. The highest BCUT2D eigenvalue weighted by molar-refractivity contribution is 6.35. The summed E-state index contributed by atoms with van der Waals surface area (Å²) < 4.78 is 10.9. The number of hydrogen-bond acceptors (Lipinski definition) is 6. The zero-order chi connectivity index (χ0) is 22.8. The van der Waals surface area contributed by atoms with Gasteiger partial charge in [-0.1, -0.05) is 23.7 Å². The predicted octanol–water partition coefficient (Wildman–Crippen LogP) is 2.10. The molecule has 168 valence electrons. The molecule has 1 atom stereocenters. The molecule has 9 nitrogen and oxygen atoms in total. The molecule has 3 N–H and O–H groups in total. The Kier molecular flexibility index (Phi) is 8.59. The zero-order valence-electron chi connectivity index (χ0n) is 17.2. The second-order valence-electron chi connectivity index (χ2n) is 6.96. The summed E-state index contributed by atoms with van der Waals surface area (Å²) >= 11 is 5.82. The summed E-state index contributed by atoms with van der Waals surface area (Å²) in [5.74, 6) is -1.53. The van der Waals surface area contributed by atoms with Crippen molar-refractivity contribution in [1.29, 1.82) is 0 Å². The molecule has 3 amide bonds. The number of nitrogens with zero attached hydrogens (tertiary/aromatic N) is 1. The first kappa shape index (κ1) is 23.2. The van der Waals surface area contributed by atoms with E-state index in [1.807, 2.05) is 0 Å². The van der Waals surface area contributed by atoms with Crippen LogP contribution in [0.2, 0.25) is 5.02 Å². The molecule has 0 unspecified atom stereocenters. The molecule has 0 bridgehead atoms. The van der Waals surface area contributed by atoms with E-state index in [-0.39, 0.29) is 18.6 Å². The summed E-state index contributed by atoms with van der Waals surface area (Å²) in [6.07, 6.45) is 3.13. The maximum absolute atomic E-state index is 12.0. The fourth-order valence-corrected chi connectivity index (χ4v) is 3.00. The Hall–Kier alpha value is -3.43. The van der Waals surface area contributed by atoms with Crippen molar-refractivity contribution in [1.82, 2.24) is 10.7 Å². The van der Waals surface area contributed by atoms with Crippen molar-refractivity contribution in [3.05, 3.63) is 59.1 Å². The van der Waals surface area contributed by atoms with E-state index in [9.17, 15) is 14.4 Å². The number of amides is 3. The van der Waals surface area contributed by atoms with Crippen LogP contribution in [0.4, 0.5) is 5.69 Å². The molecule has 1 saturated heterocycles. The minimum Gasteiger partial charge on any atom is -0.484 e. The Labute approximate surface area is 190 Å². The first-order valence-electron chi connectivity index (χ1n) is 10.0. The predicted molar refractivity (Wildman–Crippen MR) is 120 cm³/mol. The van der Waals surface area contributed by atoms with Crippen molar-refractivity contribution in [3.8, 4) is 5.75 Å². The molecule has 0 radical (unpaired) electrons. The monoisotopic (exact) mass is 458 g/mol. The lowest BCUT2D eigenvalue weighted by Crippen LogP contribution is -2.41. The Balaban J connectivity index is 1.41. The minimum absolute atomic E-state index is 0.0498. The number of carbonyl (C=O) groups is 3. The van der Waals surface area contributed by atoms with Crippen molar-refractivity contribution in [2.24, 2.45) is 5.10 Å². The molecule has 3 rings (SSSR count). The fraction of sp³-hybridized carbons (Fsp3) is 0.273. The number of carbonyl (C=O) groups excluding carboxylic acids is 3. The molecule has 0 aromatic heterocycles. The SMILES string of the molecule is O=C(COc1cccc(/C=N\NC(=O)C(=O)NC[C@H]2CCCO2)c1)Nc1ccc(Cl)cc1. The molecule has 1 aliphatic rings. The molecule has 0 aliphatic carbocycles. The molecule has 0 spiro atoms. The number of anilines is 1. The average molecular weight is 459 g/mol. The normalized spacial score (nSPS) is 15.3. The highest BCUT2D eigenvalue weighted by Crippen LogP contribution is 2.15. The fourth-order valence-electron chi connectivity index (χ4n) is 2.87. The van der Waals surface area contributed by atoms with Gasteiger partial charge >= 0.3 is 11.8 Å². The molecule has 32 heavy (non-hydrogen) atoms. The van der Waals surface area contributed by atoms with E-state index in [2.05, 4.69) is 21.2 Å². The highest BCUT2D eigenvalue weighted by Gasteiger charge is 2.18. The maximum atomic E-state index is 12.0. The standard InChI is InChI=1S/C22H23ClN4O5/c23-16-6-8-17(9-7-16)26-20(28)14-32-18-4-1-3-15(11-18)12-25-27-22(30)21(29)24-13-19-5-2-10-31-19/h1,3-4,6-9,11-12,19H,2,5,10,13-14H2,(H,24,29)(H,26,28)(H,27,30)/b25-12-/t19-/m1/s1. The number of hydrogen-bond donors (Lipinski definition) is 3. The lowest BCUT2D eigenvalue weighted by Gasteiger charge is -2.09. The lowest BCUT2D eigenvalue weighted by molar-refractivity contribution is -0.139. The van der Waals surface area contributed by atoms with Gasteiger partial charge in [0.15, 0.2) is 6.61 Å². The first-order chi connectivity index (χ1) is 15.5. The molecular formula is C22H23ClN4O5. The van der Waals surface area contributed by atoms with Gasteiger partial charge in [0.2, 0.25) is 0 Å². The van der Waals surface area contributed by atoms with Crippen LogP contribution in [0.1, 0.15) is 18.4 Å². The molecule has 2 aromatic rings. The van der Waals surface area contributed by atoms with Gasteiger partial charge in [-0.25, -0.2) is 5.43 Å². The number of ether oxygens (including phenoxy) is 2. The average Bonchev–Trinajstić information content (AvgIpc) is 3.31. The van der Waals surface area contributed by atoms with E-state index in [4.69, 9.17) is 21.1 Å². The quantitative estimate of drug-likeness (QED) is 0.318. The third kappa shape index (κ3) is 7.68. The van der Waals surface area contributed by atoms with E-state index in [1.165, 1.54) is 6.21 Å². The van der Waals surface area contributed by atoms with Gasteiger partial charge in [0.1, 0.15) is 5.75 Å². The lowest BCUT2D eigenvalue weighted by atomic mass is 10.2. The molecule has 2 aromatic carbocycles. The van der Waals surface area contributed by atoms with Crippen molar-refractivity contribution < 1.29 is 23.9 Å². The van der Waals surface area contributed by atoms with Crippen molar-refractivity contribution in [3.63, 3.8) is 0 Å². The number of nitrogens with one attached hydrogen (secondary N) is 3. The number of halogens is 1. The third-order valence-corrected chi connectivity index (χ3v) is 4.71. The van der Waals surface area contributed by atoms with Crippen LogP contribution in [0.3, 0.4) is 0 Å². The number of benzene rings is 2. The van der Waals surface area contributed by atoms with Crippen molar-refractivity contribution >= 4 is 41.2 Å². The van der Waals surface area contributed by atoms with Gasteiger partial charge in [-0.15, -0.1) is 0 Å². The van der Waals surface area contributed by atoms with Crippen LogP contribution in [0, 0.1) is 0 Å². The van der Waals surface area contributed by atoms with E-state index in [1.54, 1.807) is 48.5 Å². The molecule has 10 heteroatoms. The van der Waals surface area contributed by atoms with Gasteiger partial charge < -0.3 is 20.1 Å². The summed E-state index contributed by atoms with van der Waals surface area (Å²) in [6, 6.07) is 13.5. The summed E-state index contributed by atoms with van der Waals surface area (Å²) in [6.45, 7) is 0.776. The molecule has 0 saturated carbocycles. The van der Waals surface area contributed by atoms with E-state index < -0.39 is 11.8 Å². The first-order valence-corrected chi connectivity index (χ1v) is 10.4. The molecule has 1 fully saturated rings. The zero-order valence-corrected chi connectivity index (χ0v) is 17.9. The van der Waals surface area contributed by atoms with Crippen molar-refractivity contribution in [2.45, 2.75) is 18.9 Å². The Morgan fingerprint density at radius 1 is 1.16 bits per heavy atom. The summed E-state index contributed by atoms with van der Waals surface area (Å²) in [5.41, 5.74) is 3.39. The topological polar surface area (TPSA) is 118 Å². The van der Waals surface area contributed by atoms with E-state index in [0.717, 1.165) is 12.8 Å². The summed E-state index contributed by atoms with van der Waals surface area (Å²) in [4.78, 5) is 35.6.